The topological polar surface area (TPSA) is 51.2 Å². The number of nitrogens with zero attached hydrogens (tertiary/aromatic N) is 1. The smallest absolute Gasteiger partial charge is 0.275 e. The Kier molecular flexibility index (Phi) is 5.68. The van der Waals surface area contributed by atoms with Crippen LogP contribution in [0.1, 0.15) is 46.4 Å². The van der Waals surface area contributed by atoms with Gasteiger partial charge in [-0.15, -0.1) is 11.3 Å². The van der Waals surface area contributed by atoms with Gasteiger partial charge in [-0.05, 0) is 36.6 Å². The first-order chi connectivity index (χ1) is 12.5. The molecule has 2 aromatic carbocycles. The average Bonchev–Trinajstić information content (AvgIpc) is 3.11. The molecule has 0 bridgehead atoms. The molecule has 0 radical (unpaired) electrons. The Hall–Kier alpha value is -2.66. The van der Waals surface area contributed by atoms with Gasteiger partial charge in [-0.1, -0.05) is 49.7 Å². The fraction of sp³-hybridized carbons (Fsp3) is 0.238. The van der Waals surface area contributed by atoms with Gasteiger partial charge in [-0.3, -0.25) is 4.79 Å². The van der Waals surface area contributed by atoms with Crippen molar-refractivity contribution in [2.24, 2.45) is 0 Å². The first-order valence-corrected chi connectivity index (χ1v) is 9.45. The van der Waals surface area contributed by atoms with Gasteiger partial charge < -0.3 is 10.1 Å². The van der Waals surface area contributed by atoms with Crippen molar-refractivity contribution in [3.8, 4) is 5.75 Å². The molecule has 26 heavy (non-hydrogen) atoms. The third-order valence-corrected chi connectivity index (χ3v) is 4.82. The minimum atomic E-state index is -0.198. The first-order valence-electron chi connectivity index (χ1n) is 8.57. The van der Waals surface area contributed by atoms with E-state index in [1.807, 2.05) is 55.5 Å². The van der Waals surface area contributed by atoms with Gasteiger partial charge in [0.05, 0.1) is 0 Å². The third kappa shape index (κ3) is 4.49. The number of rotatable bonds is 6. The zero-order chi connectivity index (χ0) is 18.5. The number of anilines is 1. The lowest BCUT2D eigenvalue weighted by atomic mass is 10.0. The van der Waals surface area contributed by atoms with Gasteiger partial charge in [0, 0.05) is 11.1 Å². The van der Waals surface area contributed by atoms with Crippen LogP contribution in [0.15, 0.2) is 53.9 Å². The van der Waals surface area contributed by atoms with E-state index in [0.717, 1.165) is 22.0 Å². The van der Waals surface area contributed by atoms with E-state index in [9.17, 15) is 4.79 Å². The predicted molar refractivity (Wildman–Crippen MR) is 106 cm³/mol. The Morgan fingerprint density at radius 3 is 2.62 bits per heavy atom. The summed E-state index contributed by atoms with van der Waals surface area (Å²) in [4.78, 5) is 16.9. The summed E-state index contributed by atoms with van der Waals surface area (Å²) in [5, 5.41) is 5.50. The van der Waals surface area contributed by atoms with Crippen molar-refractivity contribution in [1.82, 2.24) is 4.98 Å². The Balaban J connectivity index is 1.64. The maximum Gasteiger partial charge on any atom is 0.275 e. The van der Waals surface area contributed by atoms with Crippen molar-refractivity contribution in [2.45, 2.75) is 33.3 Å². The molecule has 0 atom stereocenters. The van der Waals surface area contributed by atoms with E-state index in [4.69, 9.17) is 4.74 Å². The standard InChI is InChI=1S/C21H22N2O2S/c1-14(2)17-6-4-5-7-18(17)23-21(24)19-13-26-20(22-19)12-25-16-10-8-15(3)9-11-16/h4-11,13-14H,12H2,1-3H3,(H,23,24). The minimum Gasteiger partial charge on any atom is -0.486 e. The average molecular weight is 366 g/mol. The Morgan fingerprint density at radius 2 is 1.88 bits per heavy atom. The van der Waals surface area contributed by atoms with Crippen molar-refractivity contribution >= 4 is 22.9 Å². The van der Waals surface area contributed by atoms with E-state index in [2.05, 4.69) is 24.1 Å². The number of benzene rings is 2. The first kappa shape index (κ1) is 18.1. The summed E-state index contributed by atoms with van der Waals surface area (Å²) in [5.74, 6) is 0.930. The molecule has 0 saturated carbocycles. The van der Waals surface area contributed by atoms with Crippen LogP contribution in [-0.2, 0) is 6.61 Å². The highest BCUT2D eigenvalue weighted by Gasteiger charge is 2.14. The second-order valence-corrected chi connectivity index (χ2v) is 7.37. The van der Waals surface area contributed by atoms with Crippen molar-refractivity contribution in [1.29, 1.82) is 0 Å². The van der Waals surface area contributed by atoms with Crippen LogP contribution in [0.5, 0.6) is 5.75 Å². The van der Waals surface area contributed by atoms with Crippen LogP contribution in [0.3, 0.4) is 0 Å². The van der Waals surface area contributed by atoms with Crippen molar-refractivity contribution < 1.29 is 9.53 Å². The van der Waals surface area contributed by atoms with E-state index >= 15 is 0 Å². The molecular formula is C21H22N2O2S. The highest BCUT2D eigenvalue weighted by Crippen LogP contribution is 2.24. The Bertz CT molecular complexity index is 885. The lowest BCUT2D eigenvalue weighted by molar-refractivity contribution is 0.102. The fourth-order valence-corrected chi connectivity index (χ4v) is 3.25. The quantitative estimate of drug-likeness (QED) is 0.635. The molecule has 0 spiro atoms. The largest absolute Gasteiger partial charge is 0.486 e. The van der Waals surface area contributed by atoms with Crippen LogP contribution < -0.4 is 10.1 Å². The predicted octanol–water partition coefficient (Wildman–Crippen LogP) is 5.41. The number of para-hydroxylation sites is 1. The zero-order valence-corrected chi connectivity index (χ0v) is 16.0. The number of hydrogen-bond acceptors (Lipinski definition) is 4. The molecule has 1 amide bonds. The van der Waals surface area contributed by atoms with E-state index in [1.165, 1.54) is 16.9 Å². The highest BCUT2D eigenvalue weighted by molar-refractivity contribution is 7.09. The normalized spacial score (nSPS) is 10.8. The number of aromatic nitrogens is 1. The molecule has 1 aromatic heterocycles. The Morgan fingerprint density at radius 1 is 1.15 bits per heavy atom. The molecular weight excluding hydrogens is 344 g/mol. The summed E-state index contributed by atoms with van der Waals surface area (Å²) in [6.45, 7) is 6.60. The van der Waals surface area contributed by atoms with Crippen LogP contribution in [0.25, 0.3) is 0 Å². The number of aryl methyl sites for hydroxylation is 1. The molecule has 3 rings (SSSR count). The molecule has 4 nitrogen and oxygen atoms in total. The molecule has 1 heterocycles. The maximum atomic E-state index is 12.5. The lowest BCUT2D eigenvalue weighted by Gasteiger charge is -2.12. The van der Waals surface area contributed by atoms with Crippen LogP contribution in [0, 0.1) is 6.92 Å². The number of amides is 1. The van der Waals surface area contributed by atoms with Crippen LogP contribution in [-0.4, -0.2) is 10.9 Å². The number of carbonyl (C=O) groups is 1. The maximum absolute atomic E-state index is 12.5. The minimum absolute atomic E-state index is 0.198. The van der Waals surface area contributed by atoms with E-state index < -0.39 is 0 Å². The van der Waals surface area contributed by atoms with E-state index in [-0.39, 0.29) is 5.91 Å². The van der Waals surface area contributed by atoms with Gasteiger partial charge in [-0.2, -0.15) is 0 Å². The molecule has 1 N–H and O–H groups in total. The lowest BCUT2D eigenvalue weighted by Crippen LogP contribution is -2.14. The number of thiazole rings is 1. The molecule has 0 aliphatic carbocycles. The summed E-state index contributed by atoms with van der Waals surface area (Å²) >= 11 is 1.42. The highest BCUT2D eigenvalue weighted by atomic mass is 32.1. The summed E-state index contributed by atoms with van der Waals surface area (Å²) in [7, 11) is 0. The number of nitrogens with one attached hydrogen (secondary N) is 1. The van der Waals surface area contributed by atoms with Crippen molar-refractivity contribution in [2.75, 3.05) is 5.32 Å². The van der Waals surface area contributed by atoms with Gasteiger partial charge in [0.15, 0.2) is 0 Å². The summed E-state index contributed by atoms with van der Waals surface area (Å²) < 4.78 is 5.73. The molecule has 0 fully saturated rings. The van der Waals surface area contributed by atoms with Crippen LogP contribution >= 0.6 is 11.3 Å². The number of hydrogen-bond donors (Lipinski definition) is 1. The van der Waals surface area contributed by atoms with Gasteiger partial charge in [-0.25, -0.2) is 4.98 Å². The van der Waals surface area contributed by atoms with Gasteiger partial charge in [0.1, 0.15) is 23.1 Å². The molecule has 0 saturated heterocycles. The molecule has 134 valence electrons. The SMILES string of the molecule is Cc1ccc(OCc2nc(C(=O)Nc3ccccc3C(C)C)cs2)cc1. The van der Waals surface area contributed by atoms with Gasteiger partial charge >= 0.3 is 0 Å². The Labute approximate surface area is 157 Å². The number of carbonyl (C=O) groups excluding carboxylic acids is 1. The summed E-state index contributed by atoms with van der Waals surface area (Å²) in [6.07, 6.45) is 0. The fourth-order valence-electron chi connectivity index (χ4n) is 2.56. The third-order valence-electron chi connectivity index (χ3n) is 4.00. The molecule has 5 heteroatoms. The monoisotopic (exact) mass is 366 g/mol. The second-order valence-electron chi connectivity index (χ2n) is 6.42. The summed E-state index contributed by atoms with van der Waals surface area (Å²) in [5.41, 5.74) is 3.54. The van der Waals surface area contributed by atoms with Crippen molar-refractivity contribution in [3.63, 3.8) is 0 Å². The molecule has 0 unspecified atom stereocenters. The number of ether oxygens (including phenoxy) is 1. The van der Waals surface area contributed by atoms with Gasteiger partial charge in [0.2, 0.25) is 0 Å². The zero-order valence-electron chi connectivity index (χ0n) is 15.2. The van der Waals surface area contributed by atoms with Crippen LogP contribution in [0.4, 0.5) is 5.69 Å². The molecule has 3 aromatic rings. The molecule has 0 aliphatic rings. The summed E-state index contributed by atoms with van der Waals surface area (Å²) in [6, 6.07) is 15.7. The van der Waals surface area contributed by atoms with Gasteiger partial charge in [0.25, 0.3) is 5.91 Å². The second kappa shape index (κ2) is 8.15. The van der Waals surface area contributed by atoms with Crippen LogP contribution in [0.2, 0.25) is 0 Å². The molecule has 0 aliphatic heterocycles. The van der Waals surface area contributed by atoms with Crippen molar-refractivity contribution in [3.05, 3.63) is 75.7 Å². The van der Waals surface area contributed by atoms with E-state index in [1.54, 1.807) is 5.38 Å². The van der Waals surface area contributed by atoms with E-state index in [0.29, 0.717) is 18.2 Å².